The molecule has 0 spiro atoms. The first-order valence-electron chi connectivity index (χ1n) is 6.78. The molecule has 1 unspecified atom stereocenters. The van der Waals surface area contributed by atoms with Crippen LogP contribution in [-0.2, 0) is 10.3 Å². The van der Waals surface area contributed by atoms with Crippen LogP contribution in [0.25, 0.3) is 0 Å². The van der Waals surface area contributed by atoms with Gasteiger partial charge in [0, 0.05) is 12.1 Å². The second-order valence-corrected chi connectivity index (χ2v) is 6.12. The van der Waals surface area contributed by atoms with E-state index in [1.54, 1.807) is 0 Å². The summed E-state index contributed by atoms with van der Waals surface area (Å²) in [5, 5.41) is 3.53. The molecule has 0 bridgehead atoms. The van der Waals surface area contributed by atoms with E-state index in [0.717, 1.165) is 23.6 Å². The lowest BCUT2D eigenvalue weighted by molar-refractivity contribution is -0.0951. The van der Waals surface area contributed by atoms with E-state index in [0.29, 0.717) is 19.8 Å². The first kappa shape index (κ1) is 12.8. The summed E-state index contributed by atoms with van der Waals surface area (Å²) in [7, 11) is 0. The Hall–Kier alpha value is -1.26. The van der Waals surface area contributed by atoms with Gasteiger partial charge in [0.15, 0.2) is 11.5 Å². The lowest BCUT2D eigenvalue weighted by Crippen LogP contribution is -2.56. The highest BCUT2D eigenvalue weighted by molar-refractivity contribution is 5.45. The standard InChI is InChI=1S/C15H21NO3/c1-14(2)10-19-15(3,9-16-14)11-4-5-12-13(8-11)18-7-6-17-12/h4-5,8,16H,6-7,9-10H2,1-3H3. The lowest BCUT2D eigenvalue weighted by Gasteiger charge is -2.43. The van der Waals surface area contributed by atoms with Crippen molar-refractivity contribution in [3.63, 3.8) is 0 Å². The summed E-state index contributed by atoms with van der Waals surface area (Å²) >= 11 is 0. The monoisotopic (exact) mass is 263 g/mol. The molecular weight excluding hydrogens is 242 g/mol. The third-order valence-electron chi connectivity index (χ3n) is 3.81. The Morgan fingerprint density at radius 3 is 2.47 bits per heavy atom. The molecule has 0 saturated carbocycles. The van der Waals surface area contributed by atoms with Gasteiger partial charge in [-0.05, 0) is 38.5 Å². The molecule has 2 aliphatic heterocycles. The highest BCUT2D eigenvalue weighted by atomic mass is 16.6. The van der Waals surface area contributed by atoms with E-state index in [9.17, 15) is 0 Å². The summed E-state index contributed by atoms with van der Waals surface area (Å²) in [6.45, 7) is 9.13. The topological polar surface area (TPSA) is 39.7 Å². The predicted molar refractivity (Wildman–Crippen MR) is 72.8 cm³/mol. The van der Waals surface area contributed by atoms with Crippen LogP contribution in [0, 0.1) is 0 Å². The predicted octanol–water partition coefficient (Wildman–Crippen LogP) is 2.07. The van der Waals surface area contributed by atoms with Crippen molar-refractivity contribution in [2.75, 3.05) is 26.4 Å². The normalized spacial score (nSPS) is 29.0. The average molecular weight is 263 g/mol. The zero-order valence-corrected chi connectivity index (χ0v) is 11.8. The van der Waals surface area contributed by atoms with Crippen LogP contribution in [0.4, 0.5) is 0 Å². The fourth-order valence-electron chi connectivity index (χ4n) is 2.41. The summed E-state index contributed by atoms with van der Waals surface area (Å²) in [5.74, 6) is 1.64. The van der Waals surface area contributed by atoms with Crippen LogP contribution in [0.5, 0.6) is 11.5 Å². The molecule has 1 aromatic carbocycles. The summed E-state index contributed by atoms with van der Waals surface area (Å²) in [6.07, 6.45) is 0. The van der Waals surface area contributed by atoms with E-state index >= 15 is 0 Å². The highest BCUT2D eigenvalue weighted by Crippen LogP contribution is 2.37. The summed E-state index contributed by atoms with van der Waals surface area (Å²) in [4.78, 5) is 0. The number of nitrogens with one attached hydrogen (secondary N) is 1. The smallest absolute Gasteiger partial charge is 0.161 e. The molecule has 1 atom stereocenters. The van der Waals surface area contributed by atoms with E-state index < -0.39 is 0 Å². The molecule has 0 aromatic heterocycles. The van der Waals surface area contributed by atoms with Crippen molar-refractivity contribution in [1.29, 1.82) is 0 Å². The molecule has 1 aromatic rings. The van der Waals surface area contributed by atoms with Crippen molar-refractivity contribution >= 4 is 0 Å². The zero-order chi connectivity index (χ0) is 13.5. The third-order valence-corrected chi connectivity index (χ3v) is 3.81. The van der Waals surface area contributed by atoms with Crippen LogP contribution in [0.3, 0.4) is 0 Å². The molecule has 2 heterocycles. The van der Waals surface area contributed by atoms with Gasteiger partial charge in [0.05, 0.1) is 6.61 Å². The minimum Gasteiger partial charge on any atom is -0.486 e. The SMILES string of the molecule is CC1(C)COC(C)(c2ccc3c(c2)OCCO3)CN1. The molecule has 2 aliphatic rings. The Labute approximate surface area is 114 Å². The molecular formula is C15H21NO3. The van der Waals surface area contributed by atoms with Gasteiger partial charge in [-0.15, -0.1) is 0 Å². The van der Waals surface area contributed by atoms with Crippen LogP contribution in [0.15, 0.2) is 18.2 Å². The van der Waals surface area contributed by atoms with E-state index in [2.05, 4.69) is 32.2 Å². The van der Waals surface area contributed by atoms with Gasteiger partial charge in [-0.3, -0.25) is 0 Å². The number of ether oxygens (including phenoxy) is 3. The quantitative estimate of drug-likeness (QED) is 0.842. The number of fused-ring (bicyclic) bond motifs is 1. The molecule has 0 radical (unpaired) electrons. The Balaban J connectivity index is 1.86. The van der Waals surface area contributed by atoms with Gasteiger partial charge in [-0.1, -0.05) is 6.07 Å². The van der Waals surface area contributed by atoms with Crippen LogP contribution in [0.1, 0.15) is 26.3 Å². The maximum Gasteiger partial charge on any atom is 0.161 e. The number of rotatable bonds is 1. The molecule has 4 heteroatoms. The van der Waals surface area contributed by atoms with Gasteiger partial charge < -0.3 is 19.5 Å². The van der Waals surface area contributed by atoms with Crippen molar-refractivity contribution in [2.24, 2.45) is 0 Å². The molecule has 0 amide bonds. The largest absolute Gasteiger partial charge is 0.486 e. The Bertz CT molecular complexity index is 474. The Morgan fingerprint density at radius 2 is 1.79 bits per heavy atom. The molecule has 104 valence electrons. The van der Waals surface area contributed by atoms with Crippen LogP contribution in [-0.4, -0.2) is 31.9 Å². The van der Waals surface area contributed by atoms with Crippen molar-refractivity contribution in [3.8, 4) is 11.5 Å². The minimum atomic E-state index is -0.314. The molecule has 1 fully saturated rings. The van der Waals surface area contributed by atoms with Gasteiger partial charge in [0.2, 0.25) is 0 Å². The van der Waals surface area contributed by atoms with Crippen molar-refractivity contribution in [3.05, 3.63) is 23.8 Å². The molecule has 19 heavy (non-hydrogen) atoms. The van der Waals surface area contributed by atoms with Crippen molar-refractivity contribution in [1.82, 2.24) is 5.32 Å². The van der Waals surface area contributed by atoms with Crippen molar-refractivity contribution in [2.45, 2.75) is 31.9 Å². The second-order valence-electron chi connectivity index (χ2n) is 6.12. The third kappa shape index (κ3) is 2.42. The van der Waals surface area contributed by atoms with Crippen molar-refractivity contribution < 1.29 is 14.2 Å². The number of benzene rings is 1. The maximum atomic E-state index is 6.10. The number of hydrogen-bond donors (Lipinski definition) is 1. The summed E-state index contributed by atoms with van der Waals surface area (Å²) in [6, 6.07) is 6.07. The first-order chi connectivity index (χ1) is 8.99. The van der Waals surface area contributed by atoms with Gasteiger partial charge in [0.25, 0.3) is 0 Å². The van der Waals surface area contributed by atoms with E-state index in [-0.39, 0.29) is 11.1 Å². The highest BCUT2D eigenvalue weighted by Gasteiger charge is 2.37. The minimum absolute atomic E-state index is 0.0350. The molecule has 0 aliphatic carbocycles. The Kier molecular flexibility index (Phi) is 2.95. The van der Waals surface area contributed by atoms with Gasteiger partial charge in [-0.2, -0.15) is 0 Å². The average Bonchev–Trinajstić information content (AvgIpc) is 2.42. The number of morpholine rings is 1. The second kappa shape index (κ2) is 4.39. The maximum absolute atomic E-state index is 6.10. The molecule has 1 saturated heterocycles. The fraction of sp³-hybridized carbons (Fsp3) is 0.600. The van der Waals surface area contributed by atoms with Crippen LogP contribution in [0.2, 0.25) is 0 Å². The zero-order valence-electron chi connectivity index (χ0n) is 11.8. The van der Waals surface area contributed by atoms with Crippen LogP contribution >= 0.6 is 0 Å². The van der Waals surface area contributed by atoms with E-state index in [1.165, 1.54) is 0 Å². The van der Waals surface area contributed by atoms with Gasteiger partial charge in [-0.25, -0.2) is 0 Å². The first-order valence-corrected chi connectivity index (χ1v) is 6.78. The molecule has 4 nitrogen and oxygen atoms in total. The number of hydrogen-bond acceptors (Lipinski definition) is 4. The van der Waals surface area contributed by atoms with E-state index in [4.69, 9.17) is 14.2 Å². The lowest BCUT2D eigenvalue weighted by atomic mass is 9.91. The van der Waals surface area contributed by atoms with Gasteiger partial charge >= 0.3 is 0 Å². The van der Waals surface area contributed by atoms with Crippen LogP contribution < -0.4 is 14.8 Å². The summed E-state index contributed by atoms with van der Waals surface area (Å²) in [5.41, 5.74) is 0.846. The molecule has 3 rings (SSSR count). The molecule has 1 N–H and O–H groups in total. The Morgan fingerprint density at radius 1 is 1.05 bits per heavy atom. The fourth-order valence-corrected chi connectivity index (χ4v) is 2.41. The van der Waals surface area contributed by atoms with E-state index in [1.807, 2.05) is 12.1 Å². The summed E-state index contributed by atoms with van der Waals surface area (Å²) < 4.78 is 17.3. The van der Waals surface area contributed by atoms with Gasteiger partial charge in [0.1, 0.15) is 18.8 Å².